The highest BCUT2D eigenvalue weighted by atomic mass is 35.5. The molecule has 2 aromatic carbocycles. The van der Waals surface area contributed by atoms with Gasteiger partial charge in [-0.05, 0) is 29.8 Å². The summed E-state index contributed by atoms with van der Waals surface area (Å²) in [5.41, 5.74) is 1.10. The summed E-state index contributed by atoms with van der Waals surface area (Å²) in [7, 11) is 0. The highest BCUT2D eigenvalue weighted by molar-refractivity contribution is 6.37. The molecule has 0 fully saturated rings. The van der Waals surface area contributed by atoms with Crippen LogP contribution in [0.2, 0.25) is 10.0 Å². The SMILES string of the molecule is N#CC=Cc1cc(Cl)c(OCc2ccccc2F)c(Cl)c1. The Kier molecular flexibility index (Phi) is 5.21. The minimum absolute atomic E-state index is 0.0273. The third kappa shape index (κ3) is 3.98. The van der Waals surface area contributed by atoms with Gasteiger partial charge < -0.3 is 4.74 Å². The van der Waals surface area contributed by atoms with Gasteiger partial charge in [0.05, 0.1) is 16.1 Å². The minimum Gasteiger partial charge on any atom is -0.486 e. The van der Waals surface area contributed by atoms with Crippen molar-refractivity contribution < 1.29 is 9.13 Å². The summed E-state index contributed by atoms with van der Waals surface area (Å²) >= 11 is 12.2. The number of halogens is 3. The van der Waals surface area contributed by atoms with Crippen molar-refractivity contribution in [3.8, 4) is 11.8 Å². The van der Waals surface area contributed by atoms with Crippen LogP contribution in [0.4, 0.5) is 4.39 Å². The third-order valence-corrected chi connectivity index (χ3v) is 3.26. The van der Waals surface area contributed by atoms with Crippen LogP contribution in [0, 0.1) is 17.1 Å². The van der Waals surface area contributed by atoms with Crippen LogP contribution in [0.25, 0.3) is 6.08 Å². The van der Waals surface area contributed by atoms with E-state index in [1.54, 1.807) is 36.4 Å². The number of hydrogen-bond donors (Lipinski definition) is 0. The first-order valence-corrected chi connectivity index (χ1v) is 6.79. The molecule has 2 aromatic rings. The van der Waals surface area contributed by atoms with Gasteiger partial charge in [0, 0.05) is 11.6 Å². The Labute approximate surface area is 132 Å². The third-order valence-electron chi connectivity index (χ3n) is 2.70. The largest absolute Gasteiger partial charge is 0.486 e. The van der Waals surface area contributed by atoms with E-state index in [9.17, 15) is 4.39 Å². The molecule has 0 aromatic heterocycles. The van der Waals surface area contributed by atoms with Crippen LogP contribution < -0.4 is 4.74 Å². The molecule has 0 N–H and O–H groups in total. The quantitative estimate of drug-likeness (QED) is 0.720. The van der Waals surface area contributed by atoms with Gasteiger partial charge in [0.2, 0.25) is 0 Å². The van der Waals surface area contributed by atoms with E-state index in [4.69, 9.17) is 33.2 Å². The molecule has 21 heavy (non-hydrogen) atoms. The normalized spacial score (nSPS) is 10.6. The molecule has 0 aliphatic rings. The Bertz CT molecular complexity index is 699. The summed E-state index contributed by atoms with van der Waals surface area (Å²) in [5.74, 6) is -0.0611. The number of benzene rings is 2. The van der Waals surface area contributed by atoms with Crippen molar-refractivity contribution in [1.82, 2.24) is 0 Å². The lowest BCUT2D eigenvalue weighted by Gasteiger charge is -2.11. The van der Waals surface area contributed by atoms with Crippen LogP contribution in [-0.4, -0.2) is 0 Å². The first-order chi connectivity index (χ1) is 10.1. The Morgan fingerprint density at radius 3 is 2.48 bits per heavy atom. The molecule has 0 amide bonds. The second kappa shape index (κ2) is 7.12. The molecule has 0 saturated carbocycles. The van der Waals surface area contributed by atoms with Crippen LogP contribution in [-0.2, 0) is 6.61 Å². The molecule has 2 nitrogen and oxygen atoms in total. The topological polar surface area (TPSA) is 33.0 Å². The van der Waals surface area contributed by atoms with E-state index in [1.807, 2.05) is 6.07 Å². The monoisotopic (exact) mass is 321 g/mol. The molecule has 0 aliphatic carbocycles. The van der Waals surface area contributed by atoms with Crippen molar-refractivity contribution in [2.45, 2.75) is 6.61 Å². The van der Waals surface area contributed by atoms with Gasteiger partial charge in [-0.25, -0.2) is 4.39 Å². The molecule has 2 rings (SSSR count). The standard InChI is InChI=1S/C16H10Cl2FNO/c17-13-8-11(4-3-7-20)9-14(18)16(13)21-10-12-5-1-2-6-15(12)19/h1-6,8-9H,10H2. The smallest absolute Gasteiger partial charge is 0.157 e. The van der Waals surface area contributed by atoms with E-state index in [2.05, 4.69) is 0 Å². The fourth-order valence-electron chi connectivity index (χ4n) is 1.71. The molecule has 0 aliphatic heterocycles. The predicted molar refractivity (Wildman–Crippen MR) is 81.8 cm³/mol. The summed E-state index contributed by atoms with van der Waals surface area (Å²) in [4.78, 5) is 0. The Hall–Kier alpha value is -2.02. The van der Waals surface area contributed by atoms with Crippen molar-refractivity contribution in [1.29, 1.82) is 5.26 Å². The molecule has 0 bridgehead atoms. The summed E-state index contributed by atoms with van der Waals surface area (Å²) < 4.78 is 19.0. The van der Waals surface area contributed by atoms with Crippen LogP contribution in [0.3, 0.4) is 0 Å². The summed E-state index contributed by atoms with van der Waals surface area (Å²) in [6, 6.07) is 11.4. The summed E-state index contributed by atoms with van der Waals surface area (Å²) in [6.45, 7) is 0.0273. The Morgan fingerprint density at radius 2 is 1.86 bits per heavy atom. The fourth-order valence-corrected chi connectivity index (χ4v) is 2.33. The number of rotatable bonds is 4. The zero-order valence-corrected chi connectivity index (χ0v) is 12.3. The van der Waals surface area contributed by atoms with Crippen molar-refractivity contribution >= 4 is 29.3 Å². The van der Waals surface area contributed by atoms with Crippen molar-refractivity contribution in [2.24, 2.45) is 0 Å². The van der Waals surface area contributed by atoms with Crippen LogP contribution >= 0.6 is 23.2 Å². The average molecular weight is 322 g/mol. The van der Waals surface area contributed by atoms with E-state index < -0.39 is 0 Å². The van der Waals surface area contributed by atoms with Gasteiger partial charge >= 0.3 is 0 Å². The number of hydrogen-bond acceptors (Lipinski definition) is 2. The van der Waals surface area contributed by atoms with E-state index in [0.717, 1.165) is 0 Å². The molecule has 0 unspecified atom stereocenters. The number of nitriles is 1. The Balaban J connectivity index is 2.20. The van der Waals surface area contributed by atoms with Crippen molar-refractivity contribution in [3.05, 3.63) is 69.5 Å². The molecule has 5 heteroatoms. The maximum Gasteiger partial charge on any atom is 0.157 e. The summed E-state index contributed by atoms with van der Waals surface area (Å²) in [5, 5.41) is 9.10. The molecular formula is C16H10Cl2FNO. The predicted octanol–water partition coefficient (Wildman–Crippen LogP) is 5.25. The van der Waals surface area contributed by atoms with E-state index in [0.29, 0.717) is 21.2 Å². The zero-order valence-electron chi connectivity index (χ0n) is 10.8. The lowest BCUT2D eigenvalue weighted by atomic mass is 10.2. The van der Waals surface area contributed by atoms with Gasteiger partial charge in [-0.3, -0.25) is 0 Å². The molecule has 106 valence electrons. The molecule has 0 atom stereocenters. The zero-order chi connectivity index (χ0) is 15.2. The second-order valence-electron chi connectivity index (χ2n) is 4.16. The van der Waals surface area contributed by atoms with Gasteiger partial charge in [-0.1, -0.05) is 41.4 Å². The number of nitrogens with zero attached hydrogens (tertiary/aromatic N) is 1. The van der Waals surface area contributed by atoms with Gasteiger partial charge in [-0.2, -0.15) is 5.26 Å². The second-order valence-corrected chi connectivity index (χ2v) is 4.97. The van der Waals surface area contributed by atoms with E-state index in [-0.39, 0.29) is 18.2 Å². The number of ether oxygens (including phenoxy) is 1. The average Bonchev–Trinajstić information content (AvgIpc) is 2.46. The first kappa shape index (κ1) is 15.4. The molecule has 0 saturated heterocycles. The lowest BCUT2D eigenvalue weighted by Crippen LogP contribution is -1.99. The fraction of sp³-hybridized carbons (Fsp3) is 0.0625. The van der Waals surface area contributed by atoms with Gasteiger partial charge in [0.15, 0.2) is 5.75 Å². The maximum atomic E-state index is 13.5. The van der Waals surface area contributed by atoms with Crippen LogP contribution in [0.15, 0.2) is 42.5 Å². The number of allylic oxidation sites excluding steroid dienone is 1. The van der Waals surface area contributed by atoms with Gasteiger partial charge in [0.1, 0.15) is 12.4 Å². The van der Waals surface area contributed by atoms with Crippen LogP contribution in [0.5, 0.6) is 5.75 Å². The van der Waals surface area contributed by atoms with Crippen molar-refractivity contribution in [3.63, 3.8) is 0 Å². The van der Waals surface area contributed by atoms with Crippen molar-refractivity contribution in [2.75, 3.05) is 0 Å². The molecular weight excluding hydrogens is 312 g/mol. The van der Waals surface area contributed by atoms with E-state index in [1.165, 1.54) is 12.1 Å². The molecule has 0 spiro atoms. The maximum absolute atomic E-state index is 13.5. The highest BCUT2D eigenvalue weighted by Gasteiger charge is 2.10. The molecule has 0 radical (unpaired) electrons. The van der Waals surface area contributed by atoms with Gasteiger partial charge in [-0.15, -0.1) is 0 Å². The lowest BCUT2D eigenvalue weighted by molar-refractivity contribution is 0.300. The molecule has 0 heterocycles. The van der Waals surface area contributed by atoms with E-state index >= 15 is 0 Å². The Morgan fingerprint density at radius 1 is 1.19 bits per heavy atom. The highest BCUT2D eigenvalue weighted by Crippen LogP contribution is 2.35. The minimum atomic E-state index is -0.349. The van der Waals surface area contributed by atoms with Gasteiger partial charge in [0.25, 0.3) is 0 Å². The first-order valence-electron chi connectivity index (χ1n) is 6.03. The van der Waals surface area contributed by atoms with Crippen LogP contribution in [0.1, 0.15) is 11.1 Å². The summed E-state index contributed by atoms with van der Waals surface area (Å²) in [6.07, 6.45) is 2.90.